The topological polar surface area (TPSA) is 73.3 Å². The Kier molecular flexibility index (Phi) is 5.21. The van der Waals surface area contributed by atoms with Crippen LogP contribution in [0, 0.1) is 10.1 Å². The summed E-state index contributed by atoms with van der Waals surface area (Å²) in [4.78, 5) is 22.4. The monoisotopic (exact) mass is 387 g/mol. The number of hydrogen-bond acceptors (Lipinski definition) is 4. The Morgan fingerprint density at radius 2 is 1.85 bits per heavy atom. The van der Waals surface area contributed by atoms with Gasteiger partial charge in [-0.2, -0.15) is 0 Å². The minimum Gasteiger partial charge on any atom is -0.457 e. The number of hydrogen-bond donors (Lipinski definition) is 0. The molecule has 0 saturated carbocycles. The molecule has 0 atom stereocenters. The number of ketones is 1. The van der Waals surface area contributed by atoms with Gasteiger partial charge >= 0.3 is 0 Å². The maximum absolute atomic E-state index is 12.2. The van der Waals surface area contributed by atoms with Gasteiger partial charge in [-0.05, 0) is 36.4 Å². The van der Waals surface area contributed by atoms with Crippen LogP contribution in [0.2, 0.25) is 10.0 Å². The van der Waals surface area contributed by atoms with Crippen molar-refractivity contribution >= 4 is 40.7 Å². The van der Waals surface area contributed by atoms with E-state index in [0.717, 1.165) is 0 Å². The Balaban J connectivity index is 1.80. The van der Waals surface area contributed by atoms with E-state index in [-0.39, 0.29) is 17.0 Å². The van der Waals surface area contributed by atoms with E-state index in [2.05, 4.69) is 0 Å². The number of nitrogens with zero attached hydrogens (tertiary/aromatic N) is 1. The number of non-ortho nitro benzene ring substituents is 1. The van der Waals surface area contributed by atoms with Gasteiger partial charge in [-0.3, -0.25) is 14.9 Å². The minimum atomic E-state index is -0.548. The van der Waals surface area contributed by atoms with Crippen LogP contribution in [0.25, 0.3) is 17.4 Å². The number of rotatable bonds is 5. The van der Waals surface area contributed by atoms with E-state index in [1.54, 1.807) is 30.3 Å². The molecule has 1 heterocycles. The van der Waals surface area contributed by atoms with Crippen molar-refractivity contribution in [3.63, 3.8) is 0 Å². The number of nitro benzene ring substituents is 1. The standard InChI is InChI=1S/C19H11Cl2NO4/c20-16-6-2-5-15(19(16)21)18-10-8-14(26-18)7-9-17(23)12-3-1-4-13(11-12)22(24)25/h1-11H/b9-7+. The summed E-state index contributed by atoms with van der Waals surface area (Å²) in [6.07, 6.45) is 2.78. The molecule has 0 radical (unpaired) electrons. The first kappa shape index (κ1) is 17.9. The molecule has 0 bridgehead atoms. The van der Waals surface area contributed by atoms with Gasteiger partial charge in [0.2, 0.25) is 0 Å². The molecule has 0 N–H and O–H groups in total. The Labute approximate surface area is 158 Å². The van der Waals surface area contributed by atoms with Gasteiger partial charge in [-0.1, -0.05) is 41.4 Å². The molecule has 0 fully saturated rings. The molecule has 0 aliphatic rings. The van der Waals surface area contributed by atoms with Gasteiger partial charge in [0.15, 0.2) is 5.78 Å². The molecule has 0 saturated heterocycles. The fourth-order valence-corrected chi connectivity index (χ4v) is 2.70. The predicted octanol–water partition coefficient (Wildman–Crippen LogP) is 6.06. The molecule has 3 rings (SSSR count). The lowest BCUT2D eigenvalue weighted by Gasteiger charge is -2.01. The molecule has 130 valence electrons. The van der Waals surface area contributed by atoms with E-state index in [1.807, 2.05) is 0 Å². The van der Waals surface area contributed by atoms with Crippen molar-refractivity contribution in [2.24, 2.45) is 0 Å². The highest BCUT2D eigenvalue weighted by atomic mass is 35.5. The maximum Gasteiger partial charge on any atom is 0.270 e. The average Bonchev–Trinajstić information content (AvgIpc) is 3.11. The zero-order valence-electron chi connectivity index (χ0n) is 13.2. The number of allylic oxidation sites excluding steroid dienone is 1. The van der Waals surface area contributed by atoms with Crippen molar-refractivity contribution < 1.29 is 14.1 Å². The fourth-order valence-electron chi connectivity index (χ4n) is 2.31. The Morgan fingerprint density at radius 1 is 1.08 bits per heavy atom. The van der Waals surface area contributed by atoms with Crippen LogP contribution in [0.1, 0.15) is 16.1 Å². The van der Waals surface area contributed by atoms with Crippen molar-refractivity contribution in [3.05, 3.63) is 92.2 Å². The number of nitro groups is 1. The molecular formula is C19H11Cl2NO4. The van der Waals surface area contributed by atoms with Crippen molar-refractivity contribution in [2.75, 3.05) is 0 Å². The second-order valence-corrected chi connectivity index (χ2v) is 6.09. The van der Waals surface area contributed by atoms with Gasteiger partial charge in [-0.25, -0.2) is 0 Å². The van der Waals surface area contributed by atoms with Crippen molar-refractivity contribution in [1.82, 2.24) is 0 Å². The van der Waals surface area contributed by atoms with E-state index in [4.69, 9.17) is 27.6 Å². The lowest BCUT2D eigenvalue weighted by atomic mass is 10.1. The third-order valence-electron chi connectivity index (χ3n) is 3.58. The van der Waals surface area contributed by atoms with Crippen LogP contribution in [-0.2, 0) is 0 Å². The number of furan rings is 1. The highest BCUT2D eigenvalue weighted by Crippen LogP contribution is 2.34. The molecule has 0 spiro atoms. The van der Waals surface area contributed by atoms with Gasteiger partial charge in [0.05, 0.1) is 15.0 Å². The highest BCUT2D eigenvalue weighted by molar-refractivity contribution is 6.43. The Morgan fingerprint density at radius 3 is 2.62 bits per heavy atom. The summed E-state index contributed by atoms with van der Waals surface area (Å²) >= 11 is 12.2. The minimum absolute atomic E-state index is 0.139. The molecular weight excluding hydrogens is 377 g/mol. The second-order valence-electron chi connectivity index (χ2n) is 5.31. The first-order chi connectivity index (χ1) is 12.5. The van der Waals surface area contributed by atoms with E-state index in [9.17, 15) is 14.9 Å². The van der Waals surface area contributed by atoms with Gasteiger partial charge in [0.25, 0.3) is 5.69 Å². The molecule has 2 aromatic carbocycles. The van der Waals surface area contributed by atoms with E-state index in [1.165, 1.54) is 36.4 Å². The molecule has 7 heteroatoms. The van der Waals surface area contributed by atoms with Gasteiger partial charge in [0, 0.05) is 23.3 Å². The largest absolute Gasteiger partial charge is 0.457 e. The fraction of sp³-hybridized carbons (Fsp3) is 0. The summed E-state index contributed by atoms with van der Waals surface area (Å²) < 4.78 is 5.66. The molecule has 0 unspecified atom stereocenters. The number of carbonyl (C=O) groups is 1. The third kappa shape index (κ3) is 3.85. The Hall–Kier alpha value is -2.89. The molecule has 0 amide bonds. The SMILES string of the molecule is O=C(/C=C/c1ccc(-c2cccc(Cl)c2Cl)o1)c1cccc([N+](=O)[O-])c1. The smallest absolute Gasteiger partial charge is 0.270 e. The first-order valence-electron chi connectivity index (χ1n) is 7.47. The van der Waals surface area contributed by atoms with Crippen LogP contribution in [-0.4, -0.2) is 10.7 Å². The van der Waals surface area contributed by atoms with Crippen LogP contribution in [0.15, 0.2) is 65.1 Å². The molecule has 26 heavy (non-hydrogen) atoms. The van der Waals surface area contributed by atoms with E-state index in [0.29, 0.717) is 27.1 Å². The van der Waals surface area contributed by atoms with Crippen LogP contribution < -0.4 is 0 Å². The van der Waals surface area contributed by atoms with Gasteiger partial charge < -0.3 is 4.42 Å². The van der Waals surface area contributed by atoms with Crippen molar-refractivity contribution in [1.29, 1.82) is 0 Å². The summed E-state index contributed by atoms with van der Waals surface area (Å²) in [5.41, 5.74) is 0.726. The lowest BCUT2D eigenvalue weighted by molar-refractivity contribution is -0.384. The zero-order valence-corrected chi connectivity index (χ0v) is 14.7. The van der Waals surface area contributed by atoms with Crippen LogP contribution >= 0.6 is 23.2 Å². The first-order valence-corrected chi connectivity index (χ1v) is 8.22. The zero-order chi connectivity index (χ0) is 18.7. The van der Waals surface area contributed by atoms with Crippen LogP contribution in [0.5, 0.6) is 0 Å². The number of carbonyl (C=O) groups excluding carboxylic acids is 1. The molecule has 3 aromatic rings. The Bertz CT molecular complexity index is 1020. The molecule has 0 aliphatic heterocycles. The van der Waals surface area contributed by atoms with Crippen molar-refractivity contribution in [2.45, 2.75) is 0 Å². The predicted molar refractivity (Wildman–Crippen MR) is 101 cm³/mol. The number of halogens is 2. The van der Waals surface area contributed by atoms with E-state index < -0.39 is 4.92 Å². The normalized spacial score (nSPS) is 11.0. The molecule has 1 aromatic heterocycles. The average molecular weight is 388 g/mol. The summed E-state index contributed by atoms with van der Waals surface area (Å²) in [6, 6.07) is 14.1. The molecule has 0 aliphatic carbocycles. The summed E-state index contributed by atoms with van der Waals surface area (Å²) in [5, 5.41) is 11.6. The van der Waals surface area contributed by atoms with E-state index >= 15 is 0 Å². The third-order valence-corrected chi connectivity index (χ3v) is 4.40. The maximum atomic E-state index is 12.2. The highest BCUT2D eigenvalue weighted by Gasteiger charge is 2.11. The second kappa shape index (κ2) is 7.56. The summed E-state index contributed by atoms with van der Waals surface area (Å²) in [5.74, 6) is 0.585. The number of benzene rings is 2. The van der Waals surface area contributed by atoms with Gasteiger partial charge in [-0.15, -0.1) is 0 Å². The summed E-state index contributed by atoms with van der Waals surface area (Å²) in [6.45, 7) is 0. The lowest BCUT2D eigenvalue weighted by Crippen LogP contribution is -1.96. The summed E-state index contributed by atoms with van der Waals surface area (Å²) in [7, 11) is 0. The quantitative estimate of drug-likeness (QED) is 0.231. The molecule has 5 nitrogen and oxygen atoms in total. The van der Waals surface area contributed by atoms with Crippen molar-refractivity contribution in [3.8, 4) is 11.3 Å². The van der Waals surface area contributed by atoms with Crippen LogP contribution in [0.4, 0.5) is 5.69 Å². The van der Waals surface area contributed by atoms with Crippen LogP contribution in [0.3, 0.4) is 0 Å². The van der Waals surface area contributed by atoms with Gasteiger partial charge in [0.1, 0.15) is 11.5 Å².